The summed E-state index contributed by atoms with van der Waals surface area (Å²) < 4.78 is 14.3. The summed E-state index contributed by atoms with van der Waals surface area (Å²) in [6.07, 6.45) is 3.01. The van der Waals surface area contributed by atoms with Crippen LogP contribution in [0.3, 0.4) is 0 Å². The van der Waals surface area contributed by atoms with Crippen LogP contribution >= 0.6 is 31.1 Å². The van der Waals surface area contributed by atoms with Gasteiger partial charge in [-0.2, -0.15) is 0 Å². The van der Waals surface area contributed by atoms with Gasteiger partial charge in [0.2, 0.25) is 0 Å². The van der Waals surface area contributed by atoms with Crippen LogP contribution in [0, 0.1) is 5.82 Å². The largest absolute Gasteiger partial charge is 0.256 e. The zero-order valence-corrected chi connectivity index (χ0v) is 14.2. The lowest BCUT2D eigenvalue weighted by Gasteiger charge is -2.08. The highest BCUT2D eigenvalue weighted by molar-refractivity contribution is 7.63. The number of hydrogen-bond acceptors (Lipinski definition) is 3. The number of pyridine rings is 3. The van der Waals surface area contributed by atoms with Crippen molar-refractivity contribution in [3.63, 3.8) is 0 Å². The van der Waals surface area contributed by atoms with Crippen LogP contribution in [0.25, 0.3) is 22.3 Å². The summed E-state index contributed by atoms with van der Waals surface area (Å²) in [5.41, 5.74) is 2.53. The van der Waals surface area contributed by atoms with Crippen LogP contribution in [0.4, 0.5) is 4.39 Å². The number of rotatable bonds is 2. The maximum absolute atomic E-state index is 14.3. The number of aromatic nitrogens is 3. The molecular formula is C15H11Cl2FN3P. The average Bonchev–Trinajstić information content (AvgIpc) is 2.51. The zero-order valence-electron chi connectivity index (χ0n) is 11.8. The maximum atomic E-state index is 14.3. The summed E-state index contributed by atoms with van der Waals surface area (Å²) in [6.45, 7) is 4.22. The molecule has 0 N–H and O–H groups in total. The van der Waals surface area contributed by atoms with Crippen LogP contribution in [0.15, 0.2) is 30.6 Å². The molecule has 0 aliphatic heterocycles. The molecule has 0 unspecified atom stereocenters. The fraction of sp³-hybridized carbons (Fsp3) is 0.133. The van der Waals surface area contributed by atoms with Crippen molar-refractivity contribution in [3.05, 3.63) is 46.5 Å². The van der Waals surface area contributed by atoms with Crippen molar-refractivity contribution >= 4 is 47.6 Å². The van der Waals surface area contributed by atoms with Gasteiger partial charge in [0.25, 0.3) is 0 Å². The molecule has 3 aromatic heterocycles. The highest BCUT2D eigenvalue weighted by Gasteiger charge is 2.14. The van der Waals surface area contributed by atoms with Gasteiger partial charge in [0.15, 0.2) is 5.82 Å². The van der Waals surface area contributed by atoms with E-state index < -0.39 is 5.82 Å². The molecule has 0 spiro atoms. The second-order valence-corrected chi connectivity index (χ2v) is 7.94. The fourth-order valence-corrected chi connectivity index (χ4v) is 3.02. The van der Waals surface area contributed by atoms with E-state index in [1.165, 1.54) is 12.3 Å². The molecule has 0 fully saturated rings. The first-order chi connectivity index (χ1) is 10.5. The van der Waals surface area contributed by atoms with Crippen LogP contribution in [-0.4, -0.2) is 28.3 Å². The molecule has 112 valence electrons. The smallest absolute Gasteiger partial charge is 0.151 e. The van der Waals surface area contributed by atoms with Gasteiger partial charge >= 0.3 is 0 Å². The Morgan fingerprint density at radius 1 is 1.09 bits per heavy atom. The minimum Gasteiger partial charge on any atom is -0.256 e. The van der Waals surface area contributed by atoms with Crippen LogP contribution in [-0.2, 0) is 0 Å². The molecule has 3 rings (SSSR count). The molecule has 0 saturated heterocycles. The van der Waals surface area contributed by atoms with Crippen LogP contribution in [0.1, 0.15) is 0 Å². The van der Waals surface area contributed by atoms with Gasteiger partial charge in [-0.3, -0.25) is 9.97 Å². The van der Waals surface area contributed by atoms with Crippen LogP contribution in [0.2, 0.25) is 10.0 Å². The summed E-state index contributed by atoms with van der Waals surface area (Å²) in [4.78, 5) is 12.7. The highest BCUT2D eigenvalue weighted by Crippen LogP contribution is 2.31. The van der Waals surface area contributed by atoms with Gasteiger partial charge in [-0.15, -0.1) is 0 Å². The van der Waals surface area contributed by atoms with Crippen molar-refractivity contribution in [3.8, 4) is 11.3 Å². The average molecular weight is 354 g/mol. The standard InChI is InChI=1S/C15H11Cl2FN3P/c1-22(2)12-4-3-8(6-20-12)14-10(18)5-11-15(21-14)13(17)9(16)7-19-11/h3-7H,1-2H3. The summed E-state index contributed by atoms with van der Waals surface area (Å²) in [5, 5.41) is 0.554. The third-order valence-corrected chi connectivity index (χ3v) is 5.12. The van der Waals surface area contributed by atoms with E-state index >= 15 is 0 Å². The molecule has 3 aromatic rings. The lowest BCUT2D eigenvalue weighted by Crippen LogP contribution is -2.04. The van der Waals surface area contributed by atoms with Gasteiger partial charge in [0.1, 0.15) is 11.2 Å². The molecule has 0 aliphatic carbocycles. The van der Waals surface area contributed by atoms with E-state index in [2.05, 4.69) is 28.3 Å². The van der Waals surface area contributed by atoms with E-state index in [-0.39, 0.29) is 23.7 Å². The summed E-state index contributed by atoms with van der Waals surface area (Å²) >= 11 is 12.1. The van der Waals surface area contributed by atoms with Crippen molar-refractivity contribution in [2.24, 2.45) is 0 Å². The molecule has 0 aliphatic rings. The molecule has 0 atom stereocenters. The van der Waals surface area contributed by atoms with Gasteiger partial charge in [-0.25, -0.2) is 9.37 Å². The van der Waals surface area contributed by atoms with Crippen LogP contribution < -0.4 is 5.44 Å². The Kier molecular flexibility index (Phi) is 4.26. The lowest BCUT2D eigenvalue weighted by molar-refractivity contribution is 0.628. The molecule has 0 bridgehead atoms. The van der Waals surface area contributed by atoms with Crippen molar-refractivity contribution in [1.29, 1.82) is 0 Å². The molecular weight excluding hydrogens is 343 g/mol. The number of fused-ring (bicyclic) bond motifs is 1. The molecule has 0 aromatic carbocycles. The van der Waals surface area contributed by atoms with E-state index in [0.717, 1.165) is 5.44 Å². The predicted molar refractivity (Wildman–Crippen MR) is 91.1 cm³/mol. The normalized spacial score (nSPS) is 11.4. The lowest BCUT2D eigenvalue weighted by atomic mass is 10.1. The first-order valence-corrected chi connectivity index (χ1v) is 9.40. The summed E-state index contributed by atoms with van der Waals surface area (Å²) in [7, 11) is -0.296. The molecule has 22 heavy (non-hydrogen) atoms. The monoisotopic (exact) mass is 353 g/mol. The Morgan fingerprint density at radius 3 is 2.50 bits per heavy atom. The predicted octanol–water partition coefficient (Wildman–Crippen LogP) is 4.50. The Labute approximate surface area is 138 Å². The van der Waals surface area contributed by atoms with Gasteiger partial charge in [0, 0.05) is 24.0 Å². The van der Waals surface area contributed by atoms with E-state index in [1.807, 2.05) is 12.1 Å². The second kappa shape index (κ2) is 6.04. The van der Waals surface area contributed by atoms with Gasteiger partial charge in [0.05, 0.1) is 21.0 Å². The SMILES string of the molecule is CP(C)c1ccc(-c2nc3c(Cl)c(Cl)cnc3cc2F)cn1. The van der Waals surface area contributed by atoms with Crippen molar-refractivity contribution < 1.29 is 4.39 Å². The summed E-state index contributed by atoms with van der Waals surface area (Å²) in [6, 6.07) is 5.01. The van der Waals surface area contributed by atoms with Crippen molar-refractivity contribution in [1.82, 2.24) is 15.0 Å². The summed E-state index contributed by atoms with van der Waals surface area (Å²) in [5.74, 6) is -0.469. The Bertz CT molecular complexity index is 854. The second-order valence-electron chi connectivity index (χ2n) is 4.91. The van der Waals surface area contributed by atoms with Gasteiger partial charge < -0.3 is 0 Å². The van der Waals surface area contributed by atoms with Crippen molar-refractivity contribution in [2.75, 3.05) is 13.3 Å². The quantitative estimate of drug-likeness (QED) is 0.636. The zero-order chi connectivity index (χ0) is 15.9. The van der Waals surface area contributed by atoms with Gasteiger partial charge in [-0.1, -0.05) is 31.1 Å². The third kappa shape index (κ3) is 2.79. The molecule has 0 radical (unpaired) electrons. The molecule has 3 heterocycles. The number of nitrogens with zero attached hydrogens (tertiary/aromatic N) is 3. The third-order valence-electron chi connectivity index (χ3n) is 3.17. The first kappa shape index (κ1) is 15.5. The van der Waals surface area contributed by atoms with E-state index in [9.17, 15) is 4.39 Å². The van der Waals surface area contributed by atoms with Gasteiger partial charge in [-0.05, 0) is 25.5 Å². The fourth-order valence-electron chi connectivity index (χ4n) is 2.03. The minimum atomic E-state index is -0.469. The maximum Gasteiger partial charge on any atom is 0.151 e. The van der Waals surface area contributed by atoms with Crippen LogP contribution in [0.5, 0.6) is 0 Å². The number of halogens is 3. The Morgan fingerprint density at radius 2 is 1.86 bits per heavy atom. The Balaban J connectivity index is 2.17. The molecule has 3 nitrogen and oxygen atoms in total. The Hall–Kier alpha value is -1.35. The topological polar surface area (TPSA) is 38.7 Å². The minimum absolute atomic E-state index is 0.189. The van der Waals surface area contributed by atoms with E-state index in [4.69, 9.17) is 23.2 Å². The number of hydrogen-bond donors (Lipinski definition) is 0. The molecule has 0 saturated carbocycles. The van der Waals surface area contributed by atoms with E-state index in [1.54, 1.807) is 6.20 Å². The van der Waals surface area contributed by atoms with E-state index in [0.29, 0.717) is 16.6 Å². The molecule has 7 heteroatoms. The molecule has 0 amide bonds. The highest BCUT2D eigenvalue weighted by atomic mass is 35.5. The first-order valence-electron chi connectivity index (χ1n) is 6.41. The van der Waals surface area contributed by atoms with Crippen molar-refractivity contribution in [2.45, 2.75) is 0 Å².